The molecule has 0 aromatic carbocycles. The first-order valence-corrected chi connectivity index (χ1v) is 7.38. The second kappa shape index (κ2) is 5.88. The number of aryl methyl sites for hydroxylation is 1. The molecule has 1 aliphatic rings. The Kier molecular flexibility index (Phi) is 3.94. The molecule has 2 aromatic heterocycles. The van der Waals surface area contributed by atoms with Crippen LogP contribution < -0.4 is 0 Å². The van der Waals surface area contributed by atoms with Crippen LogP contribution in [0.3, 0.4) is 0 Å². The molecule has 1 aliphatic heterocycles. The lowest BCUT2D eigenvalue weighted by molar-refractivity contribution is 0.0632. The van der Waals surface area contributed by atoms with E-state index in [-0.39, 0.29) is 11.9 Å². The quantitative estimate of drug-likeness (QED) is 0.869. The monoisotopic (exact) mass is 300 g/mol. The Balaban J connectivity index is 1.84. The molecule has 1 atom stereocenters. The lowest BCUT2D eigenvalue weighted by atomic mass is 10.1. The fourth-order valence-corrected chi connectivity index (χ4v) is 2.86. The van der Waals surface area contributed by atoms with Gasteiger partial charge in [-0.25, -0.2) is 4.98 Å². The van der Waals surface area contributed by atoms with E-state index < -0.39 is 0 Å². The number of hydrogen-bond donors (Lipinski definition) is 0. The molecule has 0 spiro atoms. The van der Waals surface area contributed by atoms with Gasteiger partial charge >= 0.3 is 0 Å². The number of carbonyl (C=O) groups is 1. The number of carbonyl (C=O) groups excluding carboxylic acids is 1. The second-order valence-corrected chi connectivity index (χ2v) is 5.56. The maximum absolute atomic E-state index is 12.7. The molecule has 0 radical (unpaired) electrons. The number of aromatic nitrogens is 3. The van der Waals surface area contributed by atoms with Crippen LogP contribution in [0, 0.1) is 6.92 Å². The van der Waals surface area contributed by atoms with Crippen LogP contribution in [0.2, 0.25) is 0 Å². The summed E-state index contributed by atoms with van der Waals surface area (Å²) in [6.45, 7) is 5.85. The molecular weight excluding hydrogens is 280 g/mol. The van der Waals surface area contributed by atoms with Gasteiger partial charge in [0.15, 0.2) is 0 Å². The van der Waals surface area contributed by atoms with Crippen molar-refractivity contribution >= 4 is 5.91 Å². The van der Waals surface area contributed by atoms with Crippen molar-refractivity contribution in [3.05, 3.63) is 47.3 Å². The van der Waals surface area contributed by atoms with Gasteiger partial charge < -0.3 is 14.2 Å². The number of imidazole rings is 1. The molecule has 0 N–H and O–H groups in total. The summed E-state index contributed by atoms with van der Waals surface area (Å²) in [4.78, 5) is 23.2. The van der Waals surface area contributed by atoms with Gasteiger partial charge in [0, 0.05) is 32.1 Å². The number of amides is 1. The van der Waals surface area contributed by atoms with Gasteiger partial charge in [0.25, 0.3) is 5.91 Å². The highest BCUT2D eigenvalue weighted by atomic mass is 16.5. The van der Waals surface area contributed by atoms with Gasteiger partial charge in [-0.15, -0.1) is 0 Å². The van der Waals surface area contributed by atoms with E-state index in [9.17, 15) is 4.79 Å². The number of rotatable bonds is 3. The number of ether oxygens (including phenoxy) is 1. The molecule has 0 aliphatic carbocycles. The lowest BCUT2D eigenvalue weighted by Gasteiger charge is -2.34. The molecule has 1 unspecified atom stereocenters. The first-order valence-electron chi connectivity index (χ1n) is 7.38. The third-order valence-corrected chi connectivity index (χ3v) is 4.09. The van der Waals surface area contributed by atoms with E-state index in [2.05, 4.69) is 14.5 Å². The Bertz CT molecular complexity index is 678. The molecule has 3 rings (SSSR count). The Hall–Kier alpha value is -2.21. The molecule has 0 saturated heterocycles. The van der Waals surface area contributed by atoms with Crippen LogP contribution in [-0.2, 0) is 17.9 Å². The van der Waals surface area contributed by atoms with Crippen molar-refractivity contribution in [1.29, 1.82) is 0 Å². The molecular formula is C16H20N4O2. The number of fused-ring (bicyclic) bond motifs is 1. The van der Waals surface area contributed by atoms with Gasteiger partial charge in [0.1, 0.15) is 5.82 Å². The average Bonchev–Trinajstić information content (AvgIpc) is 2.92. The maximum Gasteiger partial charge on any atom is 0.256 e. The highest BCUT2D eigenvalue weighted by Crippen LogP contribution is 2.27. The van der Waals surface area contributed by atoms with E-state index in [0.29, 0.717) is 18.7 Å². The molecule has 0 bridgehead atoms. The zero-order chi connectivity index (χ0) is 15.7. The van der Waals surface area contributed by atoms with Crippen LogP contribution in [0.5, 0.6) is 0 Å². The van der Waals surface area contributed by atoms with Gasteiger partial charge in [-0.1, -0.05) is 0 Å². The van der Waals surface area contributed by atoms with Crippen LogP contribution >= 0.6 is 0 Å². The predicted molar refractivity (Wildman–Crippen MR) is 81.4 cm³/mol. The molecule has 116 valence electrons. The maximum atomic E-state index is 12.7. The molecule has 22 heavy (non-hydrogen) atoms. The van der Waals surface area contributed by atoms with Gasteiger partial charge in [-0.2, -0.15) is 0 Å². The number of nitrogens with zero attached hydrogens (tertiary/aromatic N) is 4. The Labute approximate surface area is 129 Å². The summed E-state index contributed by atoms with van der Waals surface area (Å²) in [6, 6.07) is 3.63. The zero-order valence-electron chi connectivity index (χ0n) is 13.1. The summed E-state index contributed by atoms with van der Waals surface area (Å²) < 4.78 is 7.34. The molecule has 1 amide bonds. The summed E-state index contributed by atoms with van der Waals surface area (Å²) >= 11 is 0. The summed E-state index contributed by atoms with van der Waals surface area (Å²) in [5, 5.41) is 0. The van der Waals surface area contributed by atoms with Crippen LogP contribution in [-0.4, -0.2) is 39.0 Å². The topological polar surface area (TPSA) is 60.2 Å². The average molecular weight is 300 g/mol. The summed E-state index contributed by atoms with van der Waals surface area (Å²) in [6.07, 6.45) is 3.47. The highest BCUT2D eigenvalue weighted by Gasteiger charge is 2.30. The van der Waals surface area contributed by atoms with E-state index >= 15 is 0 Å². The molecule has 0 saturated carbocycles. The van der Waals surface area contributed by atoms with Crippen molar-refractivity contribution in [2.45, 2.75) is 33.0 Å². The predicted octanol–water partition coefficient (Wildman–Crippen LogP) is 1.95. The van der Waals surface area contributed by atoms with Crippen LogP contribution in [0.4, 0.5) is 0 Å². The Morgan fingerprint density at radius 2 is 2.14 bits per heavy atom. The minimum absolute atomic E-state index is 0.00235. The molecule has 6 nitrogen and oxygen atoms in total. The molecule has 2 aromatic rings. The zero-order valence-corrected chi connectivity index (χ0v) is 13.1. The molecule has 3 heterocycles. The lowest BCUT2D eigenvalue weighted by Crippen LogP contribution is -2.41. The van der Waals surface area contributed by atoms with Gasteiger partial charge in [-0.05, 0) is 26.0 Å². The number of pyridine rings is 1. The minimum Gasteiger partial charge on any atom is -0.378 e. The summed E-state index contributed by atoms with van der Waals surface area (Å²) in [5.74, 6) is 0.911. The van der Waals surface area contributed by atoms with E-state index in [1.165, 1.54) is 0 Å². The second-order valence-electron chi connectivity index (χ2n) is 5.56. The van der Waals surface area contributed by atoms with Crippen LogP contribution in [0.1, 0.15) is 40.5 Å². The SMILES string of the molecule is COCc1cnc2n1CCN(C(=O)c1ccc(C)nc1)C2C. The van der Waals surface area contributed by atoms with Crippen molar-refractivity contribution in [3.8, 4) is 0 Å². The van der Waals surface area contributed by atoms with Crippen LogP contribution in [0.15, 0.2) is 24.5 Å². The van der Waals surface area contributed by atoms with Crippen LogP contribution in [0.25, 0.3) is 0 Å². The summed E-state index contributed by atoms with van der Waals surface area (Å²) in [7, 11) is 1.67. The van der Waals surface area contributed by atoms with Crippen molar-refractivity contribution < 1.29 is 9.53 Å². The largest absolute Gasteiger partial charge is 0.378 e. The summed E-state index contributed by atoms with van der Waals surface area (Å²) in [5.41, 5.74) is 2.58. The fourth-order valence-electron chi connectivity index (χ4n) is 2.86. The Morgan fingerprint density at radius 1 is 1.32 bits per heavy atom. The van der Waals surface area contributed by atoms with Gasteiger partial charge in [0.05, 0.1) is 30.1 Å². The minimum atomic E-state index is -0.0619. The van der Waals surface area contributed by atoms with Crippen molar-refractivity contribution in [2.24, 2.45) is 0 Å². The molecule has 0 fully saturated rings. The van der Waals surface area contributed by atoms with Crippen molar-refractivity contribution in [1.82, 2.24) is 19.4 Å². The third kappa shape index (κ3) is 2.50. The van der Waals surface area contributed by atoms with Crippen molar-refractivity contribution in [3.63, 3.8) is 0 Å². The van der Waals surface area contributed by atoms with Gasteiger partial charge in [0.2, 0.25) is 0 Å². The standard InChI is InChI=1S/C16H20N4O2/c1-11-4-5-13(8-17-11)16(21)19-6-7-20-14(10-22-3)9-18-15(20)12(19)2/h4-5,8-9,12H,6-7,10H2,1-3H3. The smallest absolute Gasteiger partial charge is 0.256 e. The van der Waals surface area contributed by atoms with E-state index in [0.717, 1.165) is 23.8 Å². The normalized spacial score (nSPS) is 17.4. The first kappa shape index (κ1) is 14.7. The molecule has 6 heteroatoms. The first-order chi connectivity index (χ1) is 10.6. The Morgan fingerprint density at radius 3 is 2.82 bits per heavy atom. The third-order valence-electron chi connectivity index (χ3n) is 4.09. The van der Waals surface area contributed by atoms with E-state index in [1.54, 1.807) is 13.3 Å². The fraction of sp³-hybridized carbons (Fsp3) is 0.438. The number of methoxy groups -OCH3 is 1. The van der Waals surface area contributed by atoms with Gasteiger partial charge in [-0.3, -0.25) is 9.78 Å². The number of hydrogen-bond acceptors (Lipinski definition) is 4. The van der Waals surface area contributed by atoms with E-state index in [1.807, 2.05) is 37.1 Å². The van der Waals surface area contributed by atoms with E-state index in [4.69, 9.17) is 4.74 Å². The highest BCUT2D eigenvalue weighted by molar-refractivity contribution is 5.94. The van der Waals surface area contributed by atoms with Crippen molar-refractivity contribution in [2.75, 3.05) is 13.7 Å².